The van der Waals surface area contributed by atoms with Crippen molar-refractivity contribution in [2.45, 2.75) is 13.5 Å². The van der Waals surface area contributed by atoms with Gasteiger partial charge in [-0.1, -0.05) is 59.6 Å². The lowest BCUT2D eigenvalue weighted by molar-refractivity contribution is -0.255. The van der Waals surface area contributed by atoms with E-state index < -0.39 is 23.7 Å². The number of imide groups is 1. The topological polar surface area (TPSA) is 119 Å². The van der Waals surface area contributed by atoms with Gasteiger partial charge in [0.15, 0.2) is 0 Å². The highest BCUT2D eigenvalue weighted by Gasteiger charge is 2.39. The fraction of sp³-hybridized carbons (Fsp3) is 0.0769. The number of carbonyl (C=O) groups excluding carboxylic acids is 4. The Bertz CT molecular complexity index is 1430. The summed E-state index contributed by atoms with van der Waals surface area (Å²) in [6, 6.07) is 17.1. The number of rotatable bonds is 7. The molecule has 0 atom stereocenters. The Balaban J connectivity index is 1.50. The lowest BCUT2D eigenvalue weighted by Crippen LogP contribution is -2.32. The molecule has 10 heteroatoms. The first-order valence-corrected chi connectivity index (χ1v) is 11.4. The summed E-state index contributed by atoms with van der Waals surface area (Å²) in [5.41, 5.74) is 2.34. The number of amides is 3. The van der Waals surface area contributed by atoms with Crippen molar-refractivity contribution in [2.24, 2.45) is 0 Å². The van der Waals surface area contributed by atoms with Crippen LogP contribution in [0.5, 0.6) is 0 Å². The third kappa shape index (κ3) is 5.10. The van der Waals surface area contributed by atoms with E-state index in [1.807, 2.05) is 0 Å². The van der Waals surface area contributed by atoms with E-state index in [2.05, 4.69) is 10.6 Å². The van der Waals surface area contributed by atoms with E-state index in [4.69, 9.17) is 23.2 Å². The Morgan fingerprint density at radius 2 is 1.61 bits per heavy atom. The quantitative estimate of drug-likeness (QED) is 0.459. The van der Waals surface area contributed by atoms with Crippen molar-refractivity contribution in [2.75, 3.05) is 10.2 Å². The van der Waals surface area contributed by atoms with E-state index in [0.29, 0.717) is 27.4 Å². The van der Waals surface area contributed by atoms with Crippen LogP contribution in [0.3, 0.4) is 0 Å². The zero-order chi connectivity index (χ0) is 26.0. The third-order valence-electron chi connectivity index (χ3n) is 5.50. The highest BCUT2D eigenvalue weighted by molar-refractivity contribution is 6.53. The monoisotopic (exact) mass is 522 g/mol. The zero-order valence-corrected chi connectivity index (χ0v) is 20.3. The zero-order valence-electron chi connectivity index (χ0n) is 18.8. The Morgan fingerprint density at radius 3 is 2.28 bits per heavy atom. The van der Waals surface area contributed by atoms with E-state index >= 15 is 0 Å². The van der Waals surface area contributed by atoms with E-state index in [1.165, 1.54) is 18.2 Å². The lowest BCUT2D eigenvalue weighted by atomic mass is 10.1. The summed E-state index contributed by atoms with van der Waals surface area (Å²) in [6.45, 7) is 1.94. The van der Waals surface area contributed by atoms with Gasteiger partial charge in [0.05, 0.1) is 11.7 Å². The standard InChI is InChI=1S/C26H19Cl2N3O5/c1-14-5-8-17(23(32)29-13-15-6-9-16(10-7-15)26(35)36)11-20(14)30-22-21(28)24(33)31(25(22)34)19-4-2-3-18(27)12-19/h2-12,30H,13H2,1H3,(H,29,32)(H,35,36)/p-1. The summed E-state index contributed by atoms with van der Waals surface area (Å²) >= 11 is 12.2. The van der Waals surface area contributed by atoms with E-state index in [-0.39, 0.29) is 28.5 Å². The van der Waals surface area contributed by atoms with Gasteiger partial charge in [0.25, 0.3) is 17.7 Å². The Morgan fingerprint density at radius 1 is 0.917 bits per heavy atom. The molecule has 36 heavy (non-hydrogen) atoms. The number of aryl methyl sites for hydroxylation is 1. The van der Waals surface area contributed by atoms with Gasteiger partial charge in [-0.3, -0.25) is 14.4 Å². The molecule has 1 aliphatic rings. The largest absolute Gasteiger partial charge is 0.545 e. The van der Waals surface area contributed by atoms with Gasteiger partial charge in [-0.05, 0) is 53.9 Å². The van der Waals surface area contributed by atoms with Gasteiger partial charge in [0, 0.05) is 22.8 Å². The first-order valence-electron chi connectivity index (χ1n) is 10.7. The molecule has 0 aromatic heterocycles. The molecule has 8 nitrogen and oxygen atoms in total. The Hall–Kier alpha value is -4.14. The van der Waals surface area contributed by atoms with Crippen molar-refractivity contribution >= 4 is 58.3 Å². The molecule has 0 fully saturated rings. The average molecular weight is 523 g/mol. The molecule has 3 aromatic rings. The molecule has 1 heterocycles. The van der Waals surface area contributed by atoms with E-state index in [1.54, 1.807) is 55.5 Å². The molecule has 1 aliphatic heterocycles. The molecule has 3 aromatic carbocycles. The van der Waals surface area contributed by atoms with Crippen LogP contribution in [-0.2, 0) is 16.1 Å². The van der Waals surface area contributed by atoms with Crippen LogP contribution in [0.1, 0.15) is 31.8 Å². The summed E-state index contributed by atoms with van der Waals surface area (Å²) in [7, 11) is 0. The number of anilines is 2. The van der Waals surface area contributed by atoms with E-state index in [0.717, 1.165) is 4.90 Å². The van der Waals surface area contributed by atoms with Crippen molar-refractivity contribution in [3.8, 4) is 0 Å². The number of benzene rings is 3. The molecule has 182 valence electrons. The minimum Gasteiger partial charge on any atom is -0.545 e. The SMILES string of the molecule is Cc1ccc(C(=O)NCc2ccc(C(=O)[O-])cc2)cc1NC1=C(Cl)C(=O)N(c2cccc(Cl)c2)C1=O. The maximum absolute atomic E-state index is 13.0. The number of hydrogen-bond donors (Lipinski definition) is 2. The molecule has 0 aliphatic carbocycles. The second-order valence-corrected chi connectivity index (χ2v) is 8.75. The molecule has 3 amide bonds. The summed E-state index contributed by atoms with van der Waals surface area (Å²) in [5.74, 6) is -3.01. The van der Waals surface area contributed by atoms with Crippen LogP contribution in [0.15, 0.2) is 77.5 Å². The number of nitrogens with one attached hydrogen (secondary N) is 2. The molecule has 2 N–H and O–H groups in total. The second-order valence-electron chi connectivity index (χ2n) is 7.94. The minimum atomic E-state index is -1.28. The number of aromatic carboxylic acids is 1. The second kappa shape index (κ2) is 10.2. The fourth-order valence-corrected chi connectivity index (χ4v) is 3.93. The van der Waals surface area contributed by atoms with Crippen LogP contribution >= 0.6 is 23.2 Å². The molecule has 0 bridgehead atoms. The molecular weight excluding hydrogens is 505 g/mol. The first kappa shape index (κ1) is 25.0. The molecule has 4 rings (SSSR count). The smallest absolute Gasteiger partial charge is 0.283 e. The first-order chi connectivity index (χ1) is 17.2. The van der Waals surface area contributed by atoms with Gasteiger partial charge >= 0.3 is 0 Å². The fourth-order valence-electron chi connectivity index (χ4n) is 3.54. The van der Waals surface area contributed by atoms with Gasteiger partial charge in [-0.15, -0.1) is 0 Å². The summed E-state index contributed by atoms with van der Waals surface area (Å²) in [6.07, 6.45) is 0. The van der Waals surface area contributed by atoms with Crippen molar-refractivity contribution in [1.82, 2.24) is 5.32 Å². The number of halogens is 2. The molecule has 0 radical (unpaired) electrons. The van der Waals surface area contributed by atoms with Crippen LogP contribution in [-0.4, -0.2) is 23.7 Å². The normalized spacial score (nSPS) is 13.2. The van der Waals surface area contributed by atoms with Crippen LogP contribution in [0, 0.1) is 6.92 Å². The van der Waals surface area contributed by atoms with Crippen molar-refractivity contribution in [3.63, 3.8) is 0 Å². The maximum atomic E-state index is 13.0. The van der Waals surface area contributed by atoms with Gasteiger partial charge < -0.3 is 20.5 Å². The van der Waals surface area contributed by atoms with E-state index in [9.17, 15) is 24.3 Å². The lowest BCUT2D eigenvalue weighted by Gasteiger charge is -2.16. The molecule has 0 spiro atoms. The number of hydrogen-bond acceptors (Lipinski definition) is 6. The van der Waals surface area contributed by atoms with Crippen LogP contribution in [0.2, 0.25) is 5.02 Å². The highest BCUT2D eigenvalue weighted by atomic mass is 35.5. The number of carboxylic acids is 1. The number of carboxylic acid groups (broad SMARTS) is 1. The van der Waals surface area contributed by atoms with Crippen molar-refractivity contribution in [1.29, 1.82) is 0 Å². The Kier molecular flexibility index (Phi) is 7.10. The van der Waals surface area contributed by atoms with Gasteiger partial charge in [0.2, 0.25) is 0 Å². The number of carbonyl (C=O) groups is 4. The predicted octanol–water partition coefficient (Wildman–Crippen LogP) is 3.38. The van der Waals surface area contributed by atoms with Crippen molar-refractivity contribution in [3.05, 3.63) is 105 Å². The summed E-state index contributed by atoms with van der Waals surface area (Å²) in [4.78, 5) is 50.2. The maximum Gasteiger partial charge on any atom is 0.283 e. The molecule has 0 saturated heterocycles. The average Bonchev–Trinajstić information content (AvgIpc) is 3.07. The van der Waals surface area contributed by atoms with Gasteiger partial charge in [-0.25, -0.2) is 4.90 Å². The molecule has 0 unspecified atom stereocenters. The summed E-state index contributed by atoms with van der Waals surface area (Å²) < 4.78 is 0. The Labute approximate surface area is 216 Å². The number of nitrogens with zero attached hydrogens (tertiary/aromatic N) is 1. The van der Waals surface area contributed by atoms with Crippen LogP contribution in [0.25, 0.3) is 0 Å². The highest BCUT2D eigenvalue weighted by Crippen LogP contribution is 2.32. The van der Waals surface area contributed by atoms with Crippen molar-refractivity contribution < 1.29 is 24.3 Å². The van der Waals surface area contributed by atoms with Gasteiger partial charge in [0.1, 0.15) is 10.7 Å². The van der Waals surface area contributed by atoms with Crippen LogP contribution < -0.4 is 20.6 Å². The van der Waals surface area contributed by atoms with Crippen LogP contribution in [0.4, 0.5) is 11.4 Å². The van der Waals surface area contributed by atoms with Gasteiger partial charge in [-0.2, -0.15) is 0 Å². The predicted molar refractivity (Wildman–Crippen MR) is 134 cm³/mol. The minimum absolute atomic E-state index is 0.0427. The summed E-state index contributed by atoms with van der Waals surface area (Å²) in [5, 5.41) is 16.6. The molecular formula is C26H18Cl2N3O5-. The molecule has 0 saturated carbocycles. The third-order valence-corrected chi connectivity index (χ3v) is 6.08.